The van der Waals surface area contributed by atoms with E-state index in [9.17, 15) is 14.4 Å². The Kier molecular flexibility index (Phi) is 9.45. The molecule has 6 heteroatoms. The van der Waals surface area contributed by atoms with Crippen LogP contribution in [0, 0.1) is 5.92 Å². The standard InChI is InChI=1S/C16H29NO5/c1-6-8-9-10-13(19)21-14(12(7-2)11-18)17-15(20)22-16(3,4)5/h11-12,14H,6-10H2,1-5H3,(H,17,20). The fourth-order valence-electron chi connectivity index (χ4n) is 1.75. The molecule has 2 unspecified atom stereocenters. The molecule has 1 N–H and O–H groups in total. The van der Waals surface area contributed by atoms with Gasteiger partial charge >= 0.3 is 12.1 Å². The summed E-state index contributed by atoms with van der Waals surface area (Å²) in [5.74, 6) is -1.02. The highest BCUT2D eigenvalue weighted by Gasteiger charge is 2.27. The summed E-state index contributed by atoms with van der Waals surface area (Å²) in [6.45, 7) is 9.02. The SMILES string of the molecule is CCCCCC(=O)OC(NC(=O)OC(C)(C)C)C(C=O)CC. The summed E-state index contributed by atoms with van der Waals surface area (Å²) in [6.07, 6.45) is 2.36. The number of esters is 1. The maximum absolute atomic E-state index is 11.8. The molecule has 0 aromatic heterocycles. The Labute approximate surface area is 132 Å². The number of carbonyl (C=O) groups is 3. The van der Waals surface area contributed by atoms with Gasteiger partial charge in [-0.05, 0) is 33.6 Å². The van der Waals surface area contributed by atoms with Crippen molar-refractivity contribution >= 4 is 18.3 Å². The maximum Gasteiger partial charge on any atom is 0.410 e. The second-order valence-corrected chi connectivity index (χ2v) is 6.22. The number of amides is 1. The highest BCUT2D eigenvalue weighted by atomic mass is 16.6. The van der Waals surface area contributed by atoms with Crippen molar-refractivity contribution in [2.45, 2.75) is 78.6 Å². The minimum Gasteiger partial charge on any atom is -0.444 e. The molecule has 0 aliphatic rings. The van der Waals surface area contributed by atoms with Crippen LogP contribution < -0.4 is 5.32 Å². The van der Waals surface area contributed by atoms with Crippen LogP contribution in [0.2, 0.25) is 0 Å². The summed E-state index contributed by atoms with van der Waals surface area (Å²) in [5, 5.41) is 2.46. The Morgan fingerprint density at radius 3 is 2.27 bits per heavy atom. The summed E-state index contributed by atoms with van der Waals surface area (Å²) in [6, 6.07) is 0. The van der Waals surface area contributed by atoms with Crippen LogP contribution in [0.1, 0.15) is 66.7 Å². The van der Waals surface area contributed by atoms with Gasteiger partial charge in [0.15, 0.2) is 6.23 Å². The molecule has 0 aliphatic heterocycles. The first-order valence-corrected chi connectivity index (χ1v) is 7.87. The van der Waals surface area contributed by atoms with Crippen molar-refractivity contribution in [3.05, 3.63) is 0 Å². The van der Waals surface area contributed by atoms with Crippen LogP contribution in [0.3, 0.4) is 0 Å². The summed E-state index contributed by atoms with van der Waals surface area (Å²) >= 11 is 0. The lowest BCUT2D eigenvalue weighted by Gasteiger charge is -2.26. The predicted octanol–water partition coefficient (Wildman–Crippen LogP) is 3.19. The van der Waals surface area contributed by atoms with Gasteiger partial charge in [0, 0.05) is 6.42 Å². The monoisotopic (exact) mass is 315 g/mol. The lowest BCUT2D eigenvalue weighted by molar-refractivity contribution is -0.154. The van der Waals surface area contributed by atoms with Gasteiger partial charge in [-0.25, -0.2) is 4.79 Å². The third-order valence-corrected chi connectivity index (χ3v) is 2.94. The van der Waals surface area contributed by atoms with Crippen LogP contribution in [0.25, 0.3) is 0 Å². The number of aldehydes is 1. The van der Waals surface area contributed by atoms with Gasteiger partial charge in [-0.1, -0.05) is 26.7 Å². The Morgan fingerprint density at radius 1 is 1.18 bits per heavy atom. The topological polar surface area (TPSA) is 81.7 Å². The zero-order chi connectivity index (χ0) is 17.2. The molecule has 1 amide bonds. The molecule has 0 bridgehead atoms. The van der Waals surface area contributed by atoms with Gasteiger partial charge in [-0.3, -0.25) is 10.1 Å². The van der Waals surface area contributed by atoms with Gasteiger partial charge < -0.3 is 14.3 Å². The Bertz CT molecular complexity index is 362. The maximum atomic E-state index is 11.8. The number of rotatable bonds is 9. The van der Waals surface area contributed by atoms with Crippen LogP contribution >= 0.6 is 0 Å². The minimum absolute atomic E-state index is 0.273. The van der Waals surface area contributed by atoms with Crippen LogP contribution in [0.15, 0.2) is 0 Å². The van der Waals surface area contributed by atoms with Crippen LogP contribution in [0.5, 0.6) is 0 Å². The lowest BCUT2D eigenvalue weighted by Crippen LogP contribution is -2.46. The van der Waals surface area contributed by atoms with Gasteiger partial charge in [-0.2, -0.15) is 0 Å². The van der Waals surface area contributed by atoms with E-state index in [4.69, 9.17) is 9.47 Å². The number of carbonyl (C=O) groups excluding carboxylic acids is 3. The van der Waals surface area contributed by atoms with Crippen LogP contribution in [0.4, 0.5) is 4.79 Å². The van der Waals surface area contributed by atoms with E-state index >= 15 is 0 Å². The zero-order valence-electron chi connectivity index (χ0n) is 14.3. The smallest absolute Gasteiger partial charge is 0.410 e. The largest absolute Gasteiger partial charge is 0.444 e. The van der Waals surface area contributed by atoms with E-state index in [2.05, 4.69) is 5.32 Å². The summed E-state index contributed by atoms with van der Waals surface area (Å²) < 4.78 is 10.4. The van der Waals surface area contributed by atoms with Gasteiger partial charge in [0.2, 0.25) is 0 Å². The van der Waals surface area contributed by atoms with Gasteiger partial charge in [0.1, 0.15) is 11.9 Å². The fourth-order valence-corrected chi connectivity index (χ4v) is 1.75. The quantitative estimate of drug-likeness (QED) is 0.306. The molecule has 0 aliphatic carbocycles. The third-order valence-electron chi connectivity index (χ3n) is 2.94. The predicted molar refractivity (Wildman–Crippen MR) is 83.2 cm³/mol. The lowest BCUT2D eigenvalue weighted by atomic mass is 10.1. The van der Waals surface area contributed by atoms with Gasteiger partial charge in [-0.15, -0.1) is 0 Å². The van der Waals surface area contributed by atoms with E-state index in [1.807, 2.05) is 6.92 Å². The molecule has 0 fully saturated rings. The number of hydrogen-bond donors (Lipinski definition) is 1. The van der Waals surface area contributed by atoms with Crippen molar-refractivity contribution in [3.8, 4) is 0 Å². The van der Waals surface area contributed by atoms with Crippen molar-refractivity contribution in [2.75, 3.05) is 0 Å². The van der Waals surface area contributed by atoms with Crippen molar-refractivity contribution in [2.24, 2.45) is 5.92 Å². The molecule has 2 atom stereocenters. The number of unbranched alkanes of at least 4 members (excludes halogenated alkanes) is 2. The van der Waals surface area contributed by atoms with Crippen molar-refractivity contribution in [1.82, 2.24) is 5.32 Å². The molecule has 0 saturated heterocycles. The Morgan fingerprint density at radius 2 is 1.82 bits per heavy atom. The number of alkyl carbamates (subject to hydrolysis) is 1. The third kappa shape index (κ3) is 9.37. The molecule has 0 aromatic rings. The Hall–Kier alpha value is -1.59. The fraction of sp³-hybridized carbons (Fsp3) is 0.812. The molecular formula is C16H29NO5. The molecule has 0 radical (unpaired) electrons. The normalized spacial score (nSPS) is 13.9. The molecule has 0 spiro atoms. The number of ether oxygens (including phenoxy) is 2. The van der Waals surface area contributed by atoms with Crippen molar-refractivity contribution in [1.29, 1.82) is 0 Å². The second kappa shape index (κ2) is 10.2. The molecule has 22 heavy (non-hydrogen) atoms. The molecule has 6 nitrogen and oxygen atoms in total. The molecule has 128 valence electrons. The van der Waals surface area contributed by atoms with Gasteiger partial charge in [0.05, 0.1) is 5.92 Å². The number of nitrogens with one attached hydrogen (secondary N) is 1. The van der Waals surface area contributed by atoms with E-state index < -0.39 is 29.8 Å². The Balaban J connectivity index is 4.66. The number of hydrogen-bond acceptors (Lipinski definition) is 5. The summed E-state index contributed by atoms with van der Waals surface area (Å²) in [5.41, 5.74) is -0.664. The zero-order valence-corrected chi connectivity index (χ0v) is 14.3. The van der Waals surface area contributed by atoms with Crippen molar-refractivity contribution in [3.63, 3.8) is 0 Å². The van der Waals surface area contributed by atoms with E-state index in [0.29, 0.717) is 12.7 Å². The van der Waals surface area contributed by atoms with Gasteiger partial charge in [0.25, 0.3) is 0 Å². The average Bonchev–Trinajstić information content (AvgIpc) is 2.37. The van der Waals surface area contributed by atoms with E-state index in [1.165, 1.54) is 0 Å². The van der Waals surface area contributed by atoms with Crippen LogP contribution in [-0.4, -0.2) is 30.2 Å². The van der Waals surface area contributed by atoms with Crippen LogP contribution in [-0.2, 0) is 19.1 Å². The highest BCUT2D eigenvalue weighted by molar-refractivity contribution is 5.72. The van der Waals surface area contributed by atoms with E-state index in [0.717, 1.165) is 19.3 Å². The molecule has 0 heterocycles. The van der Waals surface area contributed by atoms with E-state index in [-0.39, 0.29) is 6.42 Å². The first-order chi connectivity index (χ1) is 10.2. The molecule has 0 saturated carbocycles. The summed E-state index contributed by atoms with van der Waals surface area (Å²) in [7, 11) is 0. The second-order valence-electron chi connectivity index (χ2n) is 6.22. The first-order valence-electron chi connectivity index (χ1n) is 7.87. The molecule has 0 aromatic carbocycles. The van der Waals surface area contributed by atoms with Crippen molar-refractivity contribution < 1.29 is 23.9 Å². The highest BCUT2D eigenvalue weighted by Crippen LogP contribution is 2.12. The molecular weight excluding hydrogens is 286 g/mol. The summed E-state index contributed by atoms with van der Waals surface area (Å²) in [4.78, 5) is 34.7. The average molecular weight is 315 g/mol. The minimum atomic E-state index is -0.994. The first kappa shape index (κ1) is 20.4. The van der Waals surface area contributed by atoms with E-state index in [1.54, 1.807) is 27.7 Å². The molecule has 0 rings (SSSR count).